The summed E-state index contributed by atoms with van der Waals surface area (Å²) in [7, 11) is 0. The van der Waals surface area contributed by atoms with Crippen LogP contribution in [0.3, 0.4) is 0 Å². The maximum atomic E-state index is 12.4. The fourth-order valence-electron chi connectivity index (χ4n) is 3.71. The maximum Gasteiger partial charge on any atom is 0.306 e. The molecule has 222 valence electrons. The van der Waals surface area contributed by atoms with E-state index in [1.807, 2.05) is 18.7 Å². The molecule has 1 saturated carbocycles. The molecule has 0 heterocycles. The Balaban J connectivity index is 2.18. The van der Waals surface area contributed by atoms with Gasteiger partial charge in [-0.15, -0.1) is 0 Å². The van der Waals surface area contributed by atoms with Gasteiger partial charge in [-0.25, -0.2) is 0 Å². The summed E-state index contributed by atoms with van der Waals surface area (Å²) in [6.45, 7) is 6.93. The van der Waals surface area contributed by atoms with Crippen LogP contribution >= 0.6 is 23.5 Å². The van der Waals surface area contributed by atoms with Crippen LogP contribution in [-0.2, 0) is 43.0 Å². The van der Waals surface area contributed by atoms with Crippen LogP contribution in [0.15, 0.2) is 0 Å². The first kappa shape index (κ1) is 35.3. The molecule has 4 atom stereocenters. The number of thioether (sulfide) groups is 2. The Kier molecular flexibility index (Phi) is 18.3. The Morgan fingerprint density at radius 2 is 1.18 bits per heavy atom. The monoisotopic (exact) mass is 588 g/mol. The fourth-order valence-corrected chi connectivity index (χ4v) is 7.27. The SMILES string of the molecule is CCC(CSC1CCC1SCC(CC(=O)CCC(=O)OCCOCCOC(=O)CCC(C)=O)C(C)=O)C(C)=O. The van der Waals surface area contributed by atoms with E-state index in [1.165, 1.54) is 13.8 Å². The van der Waals surface area contributed by atoms with Crippen molar-refractivity contribution in [3.05, 3.63) is 0 Å². The minimum atomic E-state index is -0.512. The number of ether oxygens (including phenoxy) is 3. The summed E-state index contributed by atoms with van der Waals surface area (Å²) in [6, 6.07) is 0. The summed E-state index contributed by atoms with van der Waals surface area (Å²) >= 11 is 3.59. The number of hydrogen-bond acceptors (Lipinski definition) is 11. The van der Waals surface area contributed by atoms with Crippen LogP contribution in [0.25, 0.3) is 0 Å². The highest BCUT2D eigenvalue weighted by Crippen LogP contribution is 2.41. The molecule has 0 aromatic heterocycles. The van der Waals surface area contributed by atoms with Crippen molar-refractivity contribution in [3.8, 4) is 0 Å². The van der Waals surface area contributed by atoms with Gasteiger partial charge in [-0.2, -0.15) is 23.5 Å². The van der Waals surface area contributed by atoms with Gasteiger partial charge in [0.05, 0.1) is 26.1 Å². The van der Waals surface area contributed by atoms with Crippen molar-refractivity contribution in [3.63, 3.8) is 0 Å². The van der Waals surface area contributed by atoms with E-state index in [1.54, 1.807) is 18.7 Å². The molecule has 0 N–H and O–H groups in total. The van der Waals surface area contributed by atoms with Gasteiger partial charge in [0.15, 0.2) is 0 Å². The normalized spacial score (nSPS) is 17.9. The van der Waals surface area contributed by atoms with E-state index in [0.717, 1.165) is 25.0 Å². The lowest BCUT2D eigenvalue weighted by Crippen LogP contribution is -2.34. The van der Waals surface area contributed by atoms with Crippen LogP contribution in [0.1, 0.15) is 79.1 Å². The highest BCUT2D eigenvalue weighted by atomic mass is 32.2. The van der Waals surface area contributed by atoms with Gasteiger partial charge in [-0.05, 0) is 40.0 Å². The summed E-state index contributed by atoms with van der Waals surface area (Å²) in [4.78, 5) is 70.3. The zero-order valence-electron chi connectivity index (χ0n) is 23.7. The van der Waals surface area contributed by atoms with Crippen LogP contribution in [0, 0.1) is 11.8 Å². The van der Waals surface area contributed by atoms with E-state index >= 15 is 0 Å². The van der Waals surface area contributed by atoms with Gasteiger partial charge in [0.1, 0.15) is 36.3 Å². The molecule has 1 aliphatic rings. The molecule has 39 heavy (non-hydrogen) atoms. The zero-order chi connectivity index (χ0) is 29.2. The van der Waals surface area contributed by atoms with Crippen LogP contribution in [0.5, 0.6) is 0 Å². The second kappa shape index (κ2) is 20.2. The third-order valence-corrected chi connectivity index (χ3v) is 9.91. The minimum absolute atomic E-state index is 0.0179. The number of ketones is 4. The van der Waals surface area contributed by atoms with Gasteiger partial charge in [0, 0.05) is 53.1 Å². The quantitative estimate of drug-likeness (QED) is 0.127. The summed E-state index contributed by atoms with van der Waals surface area (Å²) in [6.07, 6.45) is 3.33. The average Bonchev–Trinajstić information content (AvgIpc) is 2.86. The molecule has 0 bridgehead atoms. The third kappa shape index (κ3) is 16.2. The lowest BCUT2D eigenvalue weighted by atomic mass is 9.98. The number of rotatable bonds is 23. The second-order valence-corrected chi connectivity index (χ2v) is 12.4. The predicted molar refractivity (Wildman–Crippen MR) is 152 cm³/mol. The summed E-state index contributed by atoms with van der Waals surface area (Å²) < 4.78 is 15.2. The molecule has 0 spiro atoms. The molecule has 0 amide bonds. The molecule has 0 aromatic carbocycles. The first-order chi connectivity index (χ1) is 18.5. The van der Waals surface area contributed by atoms with Crippen molar-refractivity contribution in [1.29, 1.82) is 0 Å². The number of carbonyl (C=O) groups excluding carboxylic acids is 6. The van der Waals surface area contributed by atoms with E-state index in [-0.39, 0.29) is 93.5 Å². The van der Waals surface area contributed by atoms with Crippen LogP contribution in [0.2, 0.25) is 0 Å². The smallest absolute Gasteiger partial charge is 0.306 e. The molecule has 9 nitrogen and oxygen atoms in total. The molecule has 0 aliphatic heterocycles. The summed E-state index contributed by atoms with van der Waals surface area (Å²) in [5.74, 6) is 0.177. The number of carbonyl (C=O) groups is 6. The van der Waals surface area contributed by atoms with Crippen LogP contribution in [0.4, 0.5) is 0 Å². The van der Waals surface area contributed by atoms with Crippen molar-refractivity contribution < 1.29 is 43.0 Å². The standard InChI is InChI=1S/C28H44O9S2/c1-5-22(20(3)30)17-38-25-8-9-26(25)39-18-23(21(4)31)16-24(32)7-11-28(34)37-15-13-35-12-14-36-27(33)10-6-19(2)29/h22-23,25-26H,5-18H2,1-4H3. The molecule has 1 fully saturated rings. The van der Waals surface area contributed by atoms with Crippen LogP contribution < -0.4 is 0 Å². The summed E-state index contributed by atoms with van der Waals surface area (Å²) in [5, 5.41) is 0.922. The molecule has 11 heteroatoms. The van der Waals surface area contributed by atoms with Gasteiger partial charge in [0.25, 0.3) is 0 Å². The van der Waals surface area contributed by atoms with Crippen molar-refractivity contribution in [2.45, 2.75) is 89.6 Å². The van der Waals surface area contributed by atoms with Crippen molar-refractivity contribution in [1.82, 2.24) is 0 Å². The zero-order valence-corrected chi connectivity index (χ0v) is 25.3. The Bertz CT molecular complexity index is 830. The highest BCUT2D eigenvalue weighted by Gasteiger charge is 2.33. The topological polar surface area (TPSA) is 130 Å². The third-order valence-electron chi connectivity index (χ3n) is 6.56. The highest BCUT2D eigenvalue weighted by molar-refractivity contribution is 8.04. The number of hydrogen-bond donors (Lipinski definition) is 0. The van der Waals surface area contributed by atoms with E-state index in [2.05, 4.69) is 0 Å². The molecular formula is C28H44O9S2. The number of esters is 2. The predicted octanol–water partition coefficient (Wildman–Crippen LogP) is 4.02. The Morgan fingerprint density at radius 3 is 1.62 bits per heavy atom. The molecule has 1 aliphatic carbocycles. The van der Waals surface area contributed by atoms with Gasteiger partial charge >= 0.3 is 11.9 Å². The van der Waals surface area contributed by atoms with Gasteiger partial charge < -0.3 is 19.0 Å². The Morgan fingerprint density at radius 1 is 0.692 bits per heavy atom. The van der Waals surface area contributed by atoms with Crippen molar-refractivity contribution in [2.24, 2.45) is 11.8 Å². The average molecular weight is 589 g/mol. The molecular weight excluding hydrogens is 544 g/mol. The van der Waals surface area contributed by atoms with E-state index in [4.69, 9.17) is 14.2 Å². The van der Waals surface area contributed by atoms with E-state index in [0.29, 0.717) is 16.3 Å². The molecule has 4 unspecified atom stereocenters. The molecule has 0 aromatic rings. The molecule has 0 saturated heterocycles. The lowest BCUT2D eigenvalue weighted by molar-refractivity contribution is -0.148. The second-order valence-electron chi connectivity index (χ2n) is 9.84. The van der Waals surface area contributed by atoms with E-state index in [9.17, 15) is 28.8 Å². The lowest BCUT2D eigenvalue weighted by Gasteiger charge is -2.37. The van der Waals surface area contributed by atoms with E-state index < -0.39 is 11.9 Å². The van der Waals surface area contributed by atoms with Crippen LogP contribution in [-0.4, -0.2) is 83.5 Å². The molecule has 1 rings (SSSR count). The fraction of sp³-hybridized carbons (Fsp3) is 0.786. The Labute approximate surface area is 240 Å². The Hall–Kier alpha value is -1.72. The van der Waals surface area contributed by atoms with Gasteiger partial charge in [-0.1, -0.05) is 6.92 Å². The summed E-state index contributed by atoms with van der Waals surface area (Å²) in [5.41, 5.74) is 0. The maximum absolute atomic E-state index is 12.4. The first-order valence-electron chi connectivity index (χ1n) is 13.7. The first-order valence-corrected chi connectivity index (χ1v) is 15.8. The number of Topliss-reactive ketones (excluding diaryl/α,β-unsaturated/α-hetero) is 4. The largest absolute Gasteiger partial charge is 0.463 e. The van der Waals surface area contributed by atoms with Gasteiger partial charge in [-0.3, -0.25) is 24.0 Å². The molecule has 0 radical (unpaired) electrons. The van der Waals surface area contributed by atoms with Gasteiger partial charge in [0.2, 0.25) is 0 Å². The minimum Gasteiger partial charge on any atom is -0.463 e. The van der Waals surface area contributed by atoms with Crippen molar-refractivity contribution in [2.75, 3.05) is 37.9 Å². The van der Waals surface area contributed by atoms with Crippen molar-refractivity contribution >= 4 is 58.6 Å².